The third-order valence-electron chi connectivity index (χ3n) is 3.44. The summed E-state index contributed by atoms with van der Waals surface area (Å²) >= 11 is 12.0. The van der Waals surface area contributed by atoms with E-state index in [4.69, 9.17) is 32.7 Å². The van der Waals surface area contributed by atoms with Gasteiger partial charge in [-0.3, -0.25) is 4.68 Å². The molecule has 0 fully saturated rings. The zero-order valence-corrected chi connectivity index (χ0v) is 15.2. The Balaban J connectivity index is 1.82. The molecular formula is C17H18Cl2N2O3. The lowest BCUT2D eigenvalue weighted by Crippen LogP contribution is -2.10. The lowest BCUT2D eigenvalue weighted by Gasteiger charge is -2.09. The van der Waals surface area contributed by atoms with Crippen molar-refractivity contribution in [3.05, 3.63) is 51.3 Å². The number of aryl methyl sites for hydroxylation is 2. The largest absolute Gasteiger partial charge is 0.487 e. The smallest absolute Gasteiger partial charge is 0.330 e. The van der Waals surface area contributed by atoms with Gasteiger partial charge < -0.3 is 9.47 Å². The average molecular weight is 369 g/mol. The molecule has 0 aliphatic carbocycles. The van der Waals surface area contributed by atoms with Gasteiger partial charge in [0.15, 0.2) is 5.75 Å². The third-order valence-corrected chi connectivity index (χ3v) is 4.04. The van der Waals surface area contributed by atoms with E-state index >= 15 is 0 Å². The van der Waals surface area contributed by atoms with Crippen molar-refractivity contribution in [3.63, 3.8) is 0 Å². The highest BCUT2D eigenvalue weighted by Crippen LogP contribution is 2.32. The molecule has 24 heavy (non-hydrogen) atoms. The Kier molecular flexibility index (Phi) is 6.29. The number of halogens is 2. The van der Waals surface area contributed by atoms with Crippen molar-refractivity contribution >= 4 is 35.2 Å². The highest BCUT2D eigenvalue weighted by molar-refractivity contribution is 6.37. The molecule has 128 valence electrons. The highest BCUT2D eigenvalue weighted by atomic mass is 35.5. The van der Waals surface area contributed by atoms with Crippen LogP contribution in [0.1, 0.15) is 17.0 Å². The van der Waals surface area contributed by atoms with Gasteiger partial charge in [0.2, 0.25) is 0 Å². The molecule has 0 spiro atoms. The van der Waals surface area contributed by atoms with Crippen LogP contribution in [0.15, 0.2) is 24.3 Å². The van der Waals surface area contributed by atoms with Crippen LogP contribution in [0.3, 0.4) is 0 Å². The molecule has 1 aromatic carbocycles. The highest BCUT2D eigenvalue weighted by Gasteiger charge is 2.08. The molecule has 0 aliphatic heterocycles. The predicted octanol–water partition coefficient (Wildman–Crippen LogP) is 3.98. The van der Waals surface area contributed by atoms with E-state index in [2.05, 4.69) is 5.10 Å². The van der Waals surface area contributed by atoms with Crippen molar-refractivity contribution in [2.75, 3.05) is 13.2 Å². The minimum absolute atomic E-state index is 0.0930. The summed E-state index contributed by atoms with van der Waals surface area (Å²) in [4.78, 5) is 11.7. The number of benzene rings is 1. The zero-order valence-electron chi connectivity index (χ0n) is 13.7. The first kappa shape index (κ1) is 18.4. The Hall–Kier alpha value is -1.98. The van der Waals surface area contributed by atoms with Gasteiger partial charge in [0.25, 0.3) is 0 Å². The summed E-state index contributed by atoms with van der Waals surface area (Å²) in [7, 11) is 1.86. The van der Waals surface area contributed by atoms with E-state index < -0.39 is 5.97 Å². The fourth-order valence-corrected chi connectivity index (χ4v) is 2.64. The van der Waals surface area contributed by atoms with E-state index in [9.17, 15) is 4.79 Å². The molecular weight excluding hydrogens is 351 g/mol. The van der Waals surface area contributed by atoms with E-state index in [0.29, 0.717) is 15.8 Å². The van der Waals surface area contributed by atoms with Crippen LogP contribution in [-0.2, 0) is 16.6 Å². The van der Waals surface area contributed by atoms with E-state index in [0.717, 1.165) is 17.0 Å². The normalized spacial score (nSPS) is 11.0. The molecule has 0 saturated carbocycles. The van der Waals surface area contributed by atoms with Gasteiger partial charge in [-0.25, -0.2) is 4.79 Å². The Morgan fingerprint density at radius 1 is 1.25 bits per heavy atom. The average Bonchev–Trinajstić information content (AvgIpc) is 2.77. The lowest BCUT2D eigenvalue weighted by atomic mass is 10.2. The number of carbonyl (C=O) groups excluding carboxylic acids is 1. The summed E-state index contributed by atoms with van der Waals surface area (Å²) in [5.74, 6) is -0.0689. The number of hydrogen-bond donors (Lipinski definition) is 0. The Morgan fingerprint density at radius 2 is 1.92 bits per heavy atom. The molecule has 0 saturated heterocycles. The fourth-order valence-electron chi connectivity index (χ4n) is 2.14. The summed E-state index contributed by atoms with van der Waals surface area (Å²) < 4.78 is 12.3. The van der Waals surface area contributed by atoms with Gasteiger partial charge in [0.05, 0.1) is 15.7 Å². The molecule has 7 heteroatoms. The van der Waals surface area contributed by atoms with Gasteiger partial charge in [-0.1, -0.05) is 29.3 Å². The molecule has 0 amide bonds. The van der Waals surface area contributed by atoms with Gasteiger partial charge in [-0.15, -0.1) is 0 Å². The lowest BCUT2D eigenvalue weighted by molar-refractivity contribution is -0.138. The van der Waals surface area contributed by atoms with Crippen LogP contribution in [0.5, 0.6) is 5.75 Å². The molecule has 5 nitrogen and oxygen atoms in total. The van der Waals surface area contributed by atoms with Crippen LogP contribution in [0.2, 0.25) is 10.0 Å². The third kappa shape index (κ3) is 4.52. The number of rotatable bonds is 6. The number of nitrogens with zero attached hydrogens (tertiary/aromatic N) is 2. The fraction of sp³-hybridized carbons (Fsp3) is 0.294. The first-order valence-electron chi connectivity index (χ1n) is 7.32. The molecule has 0 aliphatic rings. The van der Waals surface area contributed by atoms with Crippen molar-refractivity contribution < 1.29 is 14.3 Å². The molecule has 2 rings (SSSR count). The number of ether oxygens (including phenoxy) is 2. The molecule has 0 bridgehead atoms. The monoisotopic (exact) mass is 368 g/mol. The van der Waals surface area contributed by atoms with Crippen LogP contribution in [0, 0.1) is 13.8 Å². The Morgan fingerprint density at radius 3 is 2.50 bits per heavy atom. The number of para-hydroxylation sites is 1. The quantitative estimate of drug-likeness (QED) is 0.439. The Bertz CT molecular complexity index is 749. The maximum absolute atomic E-state index is 11.7. The van der Waals surface area contributed by atoms with Gasteiger partial charge in [0, 0.05) is 24.4 Å². The van der Waals surface area contributed by atoms with E-state index in [1.165, 1.54) is 6.08 Å². The van der Waals surface area contributed by atoms with Gasteiger partial charge in [0.1, 0.15) is 13.2 Å². The maximum atomic E-state index is 11.7. The van der Waals surface area contributed by atoms with Crippen LogP contribution in [0.4, 0.5) is 0 Å². The second-order valence-electron chi connectivity index (χ2n) is 5.11. The molecule has 0 radical (unpaired) electrons. The topological polar surface area (TPSA) is 53.4 Å². The summed E-state index contributed by atoms with van der Waals surface area (Å²) in [6.07, 6.45) is 3.07. The van der Waals surface area contributed by atoms with Crippen LogP contribution in [-0.4, -0.2) is 29.0 Å². The maximum Gasteiger partial charge on any atom is 0.330 e. The summed E-state index contributed by atoms with van der Waals surface area (Å²) in [5.41, 5.74) is 2.75. The zero-order chi connectivity index (χ0) is 17.7. The number of carbonyl (C=O) groups is 1. The SMILES string of the molecule is Cc1nn(C)c(C)c1/C=C/C(=O)OCCOc1c(Cl)cccc1Cl. The van der Waals surface area contributed by atoms with Crippen molar-refractivity contribution in [1.82, 2.24) is 9.78 Å². The molecule has 1 aromatic heterocycles. The van der Waals surface area contributed by atoms with Crippen LogP contribution >= 0.6 is 23.2 Å². The molecule has 0 N–H and O–H groups in total. The predicted molar refractivity (Wildman–Crippen MR) is 94.6 cm³/mol. The summed E-state index contributed by atoms with van der Waals surface area (Å²) in [6.45, 7) is 4.08. The van der Waals surface area contributed by atoms with Crippen LogP contribution in [0.25, 0.3) is 6.08 Å². The molecule has 0 unspecified atom stereocenters. The Labute approximate surface area is 150 Å². The van der Waals surface area contributed by atoms with E-state index in [1.807, 2.05) is 20.9 Å². The van der Waals surface area contributed by atoms with Crippen molar-refractivity contribution in [3.8, 4) is 5.75 Å². The molecule has 2 aromatic rings. The minimum Gasteiger partial charge on any atom is -0.487 e. The van der Waals surface area contributed by atoms with Gasteiger partial charge >= 0.3 is 5.97 Å². The molecule has 0 atom stereocenters. The summed E-state index contributed by atoms with van der Waals surface area (Å²) in [5, 5.41) is 5.11. The standard InChI is InChI=1S/C17H18Cl2N2O3/c1-11-13(12(2)21(3)20-11)7-8-16(22)23-9-10-24-17-14(18)5-4-6-15(17)19/h4-8H,9-10H2,1-3H3/b8-7+. The van der Waals surface area contributed by atoms with Gasteiger partial charge in [-0.2, -0.15) is 5.10 Å². The van der Waals surface area contributed by atoms with Crippen molar-refractivity contribution in [2.24, 2.45) is 7.05 Å². The summed E-state index contributed by atoms with van der Waals surface area (Å²) in [6, 6.07) is 5.08. The van der Waals surface area contributed by atoms with E-state index in [-0.39, 0.29) is 13.2 Å². The van der Waals surface area contributed by atoms with Crippen molar-refractivity contribution in [2.45, 2.75) is 13.8 Å². The first-order chi connectivity index (χ1) is 11.4. The van der Waals surface area contributed by atoms with Gasteiger partial charge in [-0.05, 0) is 32.1 Å². The van der Waals surface area contributed by atoms with Crippen molar-refractivity contribution in [1.29, 1.82) is 0 Å². The number of esters is 1. The second kappa shape index (κ2) is 8.22. The molecule has 1 heterocycles. The second-order valence-corrected chi connectivity index (χ2v) is 5.92. The van der Waals surface area contributed by atoms with Crippen LogP contribution < -0.4 is 4.74 Å². The number of aromatic nitrogens is 2. The van der Waals surface area contributed by atoms with E-state index in [1.54, 1.807) is 29.0 Å². The number of hydrogen-bond acceptors (Lipinski definition) is 4. The first-order valence-corrected chi connectivity index (χ1v) is 8.07. The minimum atomic E-state index is -0.452.